The Bertz CT molecular complexity index is 1050. The molecular weight excluding hydrogens is 643 g/mol. The summed E-state index contributed by atoms with van der Waals surface area (Å²) in [7, 11) is -3.97. The first kappa shape index (κ1) is 34.8. The zero-order chi connectivity index (χ0) is 29.7. The first-order valence-electron chi connectivity index (χ1n) is 12.9. The number of unbranched alkanes of at least 4 members (excludes halogenated alkanes) is 3. The van der Waals surface area contributed by atoms with Crippen LogP contribution in [0.2, 0.25) is 0 Å². The molecule has 1 aromatic rings. The molecule has 2 amide bonds. The number of rotatable bonds is 15. The quantitative estimate of drug-likeness (QED) is 0.107. The first-order valence-corrected chi connectivity index (χ1v) is 16.3. The second-order valence-corrected chi connectivity index (χ2v) is 15.1. The van der Waals surface area contributed by atoms with Gasteiger partial charge in [0.25, 0.3) is 0 Å². The molecule has 0 saturated carbocycles. The Morgan fingerprint density at radius 2 is 1.36 bits per heavy atom. The van der Waals surface area contributed by atoms with E-state index in [4.69, 9.17) is 9.47 Å². The number of benzene rings is 1. The second-order valence-electron chi connectivity index (χ2n) is 10.8. The maximum atomic E-state index is 13.6. The van der Waals surface area contributed by atoms with E-state index in [1.54, 1.807) is 53.7 Å². The van der Waals surface area contributed by atoms with E-state index in [2.05, 4.69) is 10.6 Å². The Balaban J connectivity index is 2.76. The Morgan fingerprint density at radius 3 is 1.90 bits per heavy atom. The summed E-state index contributed by atoms with van der Waals surface area (Å²) in [4.78, 5) is 34.9. The molecule has 0 atom stereocenters. The van der Waals surface area contributed by atoms with Gasteiger partial charge >= 0.3 is 207 Å². The first-order chi connectivity index (χ1) is 18.0. The van der Waals surface area contributed by atoms with Gasteiger partial charge in [0.2, 0.25) is 0 Å². The number of nitrogens with one attached hydrogen (secondary N) is 2. The molecule has 0 aliphatic rings. The summed E-state index contributed by atoms with van der Waals surface area (Å²) in [6.07, 6.45) is 2.11. The van der Waals surface area contributed by atoms with Gasteiger partial charge in [-0.2, -0.15) is 0 Å². The number of amides is 2. The van der Waals surface area contributed by atoms with Crippen LogP contribution in [0.15, 0.2) is 29.2 Å². The fourth-order valence-electron chi connectivity index (χ4n) is 3.32. The molecular formula is C25H43IN4O8S. The topological polar surface area (TPSA) is 154 Å². The summed E-state index contributed by atoms with van der Waals surface area (Å²) in [6, 6.07) is 6.16. The zero-order valence-corrected chi connectivity index (χ0v) is 26.6. The number of alkyl carbamates (subject to hydrolysis) is 2. The summed E-state index contributed by atoms with van der Waals surface area (Å²) >= 11 is -1.62. The van der Waals surface area contributed by atoms with Gasteiger partial charge in [-0.1, -0.05) is 0 Å². The van der Waals surface area contributed by atoms with Crippen LogP contribution >= 0.6 is 0 Å². The van der Waals surface area contributed by atoms with Crippen molar-refractivity contribution in [2.24, 2.45) is 0 Å². The number of carbonyl (C=O) groups excluding carboxylic acids is 2. The van der Waals surface area contributed by atoms with Crippen molar-refractivity contribution in [3.05, 3.63) is 32.7 Å². The van der Waals surface area contributed by atoms with E-state index in [9.17, 15) is 28.1 Å². The maximum absolute atomic E-state index is 13.6. The van der Waals surface area contributed by atoms with Crippen LogP contribution in [0.25, 0.3) is 0 Å². The van der Waals surface area contributed by atoms with Crippen molar-refractivity contribution in [3.63, 3.8) is 0 Å². The number of halogens is 1. The average Bonchev–Trinajstić information content (AvgIpc) is 2.77. The van der Waals surface area contributed by atoms with Gasteiger partial charge < -0.3 is 4.74 Å². The molecule has 0 radical (unpaired) electrons. The third kappa shape index (κ3) is 15.2. The van der Waals surface area contributed by atoms with Crippen molar-refractivity contribution >= 4 is 22.2 Å². The second kappa shape index (κ2) is 16.2. The van der Waals surface area contributed by atoms with Crippen LogP contribution in [-0.4, -0.2) is 70.6 Å². The fourth-order valence-corrected chi connectivity index (χ4v) is 7.20. The zero-order valence-electron chi connectivity index (χ0n) is 23.7. The predicted octanol–water partition coefficient (Wildman–Crippen LogP) is 1.02. The van der Waals surface area contributed by atoms with Crippen LogP contribution in [0.1, 0.15) is 73.6 Å². The third-order valence-corrected chi connectivity index (χ3v) is 9.07. The number of nitrogens with zero attached hydrogens (tertiary/aromatic N) is 2. The molecule has 0 heterocycles. The third-order valence-electron chi connectivity index (χ3n) is 4.87. The molecule has 0 fully saturated rings. The number of hydrogen-bond acceptors (Lipinski definition) is 7. The molecule has 0 spiro atoms. The van der Waals surface area contributed by atoms with Gasteiger partial charge in [0, 0.05) is 0 Å². The van der Waals surface area contributed by atoms with Gasteiger partial charge in [0.1, 0.15) is 5.60 Å². The van der Waals surface area contributed by atoms with Crippen molar-refractivity contribution in [1.29, 1.82) is 0 Å². The van der Waals surface area contributed by atoms with Gasteiger partial charge in [-0.15, -0.1) is 0 Å². The Kier molecular flexibility index (Phi) is 14.4. The Hall–Kier alpha value is -2.20. The number of hydrogen-bond donors (Lipinski definition) is 3. The number of sulfonamides is 1. The van der Waals surface area contributed by atoms with Crippen molar-refractivity contribution in [2.75, 3.05) is 26.2 Å². The van der Waals surface area contributed by atoms with Crippen LogP contribution in [-0.2, 0) is 19.5 Å². The average molecular weight is 687 g/mol. The Morgan fingerprint density at radius 1 is 0.872 bits per heavy atom. The van der Waals surface area contributed by atoms with E-state index < -0.39 is 54.9 Å². The van der Waals surface area contributed by atoms with E-state index in [-0.39, 0.29) is 27.7 Å². The monoisotopic (exact) mass is 686 g/mol. The molecule has 39 heavy (non-hydrogen) atoms. The van der Waals surface area contributed by atoms with Gasteiger partial charge in [-0.05, 0) is 20.8 Å². The van der Waals surface area contributed by atoms with Crippen molar-refractivity contribution in [3.8, 4) is 0 Å². The van der Waals surface area contributed by atoms with Crippen LogP contribution in [0.5, 0.6) is 0 Å². The summed E-state index contributed by atoms with van der Waals surface area (Å²) in [5, 5.41) is 14.5. The van der Waals surface area contributed by atoms with Crippen LogP contribution < -0.4 is 32.1 Å². The van der Waals surface area contributed by atoms with E-state index in [0.717, 1.165) is 19.3 Å². The predicted molar refractivity (Wildman–Crippen MR) is 141 cm³/mol. The van der Waals surface area contributed by atoms with Crippen molar-refractivity contribution < 1.29 is 57.3 Å². The van der Waals surface area contributed by atoms with Crippen molar-refractivity contribution in [1.82, 2.24) is 14.9 Å². The van der Waals surface area contributed by atoms with Gasteiger partial charge in [-0.3, -0.25) is 0 Å². The van der Waals surface area contributed by atoms with Gasteiger partial charge in [0.15, 0.2) is 0 Å². The number of carbonyl (C=O) groups is 2. The SMILES string of the molecule is CC(C)(C)OC(=O)NCCCCCCN(CCCNC(=O)OC(C)(C)C)S(=O)(=O)c1ccccc1[I-][N+](=O)O. The van der Waals surface area contributed by atoms with E-state index in [1.165, 1.54) is 16.4 Å². The molecule has 0 saturated heterocycles. The molecule has 1 rings (SSSR count). The van der Waals surface area contributed by atoms with E-state index in [0.29, 0.717) is 23.0 Å². The molecule has 0 unspecified atom stereocenters. The van der Waals surface area contributed by atoms with Crippen molar-refractivity contribution in [2.45, 2.75) is 89.7 Å². The molecule has 0 aromatic heterocycles. The van der Waals surface area contributed by atoms with Crippen LogP contribution in [0, 0.1) is 8.48 Å². The van der Waals surface area contributed by atoms with Crippen LogP contribution in [0.4, 0.5) is 9.59 Å². The molecule has 12 nitrogen and oxygen atoms in total. The summed E-state index contributed by atoms with van der Waals surface area (Å²) in [6.45, 7) is 11.7. The van der Waals surface area contributed by atoms with Gasteiger partial charge in [0.05, 0.1) is 0 Å². The summed E-state index contributed by atoms with van der Waals surface area (Å²) in [5.41, 5.74) is -1.21. The molecule has 0 aliphatic carbocycles. The van der Waals surface area contributed by atoms with Crippen LogP contribution in [0.3, 0.4) is 0 Å². The minimum absolute atomic E-state index is 0.00522. The fraction of sp³-hybridized carbons (Fsp3) is 0.680. The molecule has 0 aliphatic heterocycles. The molecule has 14 heteroatoms. The van der Waals surface area contributed by atoms with E-state index in [1.807, 2.05) is 0 Å². The standard InChI is InChI=1S/C25H43IN4O8S/c1-24(2,3)37-22(31)27-16-11-7-8-12-18-29(19-13-17-28-23(32)38-25(4,5)6)39(35,36)21-15-10-9-14-20(21)26-30(33)34/h9-10,14-15H,7-8,11-13,16-19H2,1-6H3,(H,27,31)(H,28,32)(H,33,34). The Labute approximate surface area is 242 Å². The van der Waals surface area contributed by atoms with Gasteiger partial charge in [-0.25, -0.2) is 4.79 Å². The van der Waals surface area contributed by atoms with E-state index >= 15 is 0 Å². The summed E-state index contributed by atoms with van der Waals surface area (Å²) in [5.74, 6) is 0. The molecule has 3 N–H and O–H groups in total. The minimum atomic E-state index is -3.97. The molecule has 0 bridgehead atoms. The number of ether oxygens (including phenoxy) is 2. The molecule has 224 valence electrons. The summed E-state index contributed by atoms with van der Waals surface area (Å²) < 4.78 is 39.0. The normalized spacial score (nSPS) is 12.3. The molecule has 1 aromatic carbocycles.